The van der Waals surface area contributed by atoms with Crippen LogP contribution in [-0.4, -0.2) is 28.5 Å². The molecule has 0 saturated carbocycles. The first-order valence-electron chi connectivity index (χ1n) is 9.48. The number of nitro groups is 1. The predicted octanol–water partition coefficient (Wildman–Crippen LogP) is 5.07. The lowest BCUT2D eigenvalue weighted by Gasteiger charge is -2.29. The topological polar surface area (TPSA) is 83.3 Å². The zero-order chi connectivity index (χ0) is 20.3. The van der Waals surface area contributed by atoms with E-state index in [0.717, 1.165) is 25.9 Å². The van der Waals surface area contributed by atoms with Crippen LogP contribution in [0.1, 0.15) is 40.0 Å². The Balaban J connectivity index is 1.86. The summed E-state index contributed by atoms with van der Waals surface area (Å²) in [7, 11) is 0. The van der Waals surface area contributed by atoms with Crippen LogP contribution >= 0.6 is 0 Å². The Hall–Kier alpha value is -2.90. The summed E-state index contributed by atoms with van der Waals surface area (Å²) in [6.45, 7) is 7.60. The summed E-state index contributed by atoms with van der Waals surface area (Å²) in [5, 5.41) is 17.4. The first-order chi connectivity index (χ1) is 13.2. The number of nitrogens with one attached hydrogen (secondary N) is 2. The van der Waals surface area contributed by atoms with Gasteiger partial charge in [0.2, 0.25) is 5.82 Å². The van der Waals surface area contributed by atoms with Crippen molar-refractivity contribution in [2.24, 2.45) is 0 Å². The van der Waals surface area contributed by atoms with E-state index in [4.69, 9.17) is 0 Å². The van der Waals surface area contributed by atoms with Crippen LogP contribution in [0.5, 0.6) is 0 Å². The second kappa shape index (κ2) is 8.00. The minimum Gasteiger partial charge on any atom is -0.369 e. The molecule has 0 radical (unpaired) electrons. The fraction of sp³-hybridized carbons (Fsp3) is 0.450. The summed E-state index contributed by atoms with van der Waals surface area (Å²) in [4.78, 5) is 17.2. The number of hydrogen-bond acceptors (Lipinski definition) is 6. The molecule has 0 aliphatic carbocycles. The van der Waals surface area contributed by atoms with Crippen LogP contribution < -0.4 is 15.5 Å². The summed E-state index contributed by atoms with van der Waals surface area (Å²) in [5.74, 6) is 0.230. The highest BCUT2D eigenvalue weighted by atomic mass is 19.1. The largest absolute Gasteiger partial charge is 0.369 e. The molecule has 1 aliphatic rings. The monoisotopic (exact) mass is 387 g/mol. The van der Waals surface area contributed by atoms with Gasteiger partial charge in [0.25, 0.3) is 0 Å². The maximum absolute atomic E-state index is 14.6. The van der Waals surface area contributed by atoms with Gasteiger partial charge in [-0.25, -0.2) is 9.37 Å². The average molecular weight is 387 g/mol. The van der Waals surface area contributed by atoms with Crippen molar-refractivity contribution in [2.45, 2.75) is 45.6 Å². The number of aromatic nitrogens is 1. The van der Waals surface area contributed by atoms with Gasteiger partial charge in [-0.3, -0.25) is 10.1 Å². The van der Waals surface area contributed by atoms with E-state index in [9.17, 15) is 14.5 Å². The van der Waals surface area contributed by atoms with Gasteiger partial charge < -0.3 is 15.5 Å². The first kappa shape index (κ1) is 19.9. The van der Waals surface area contributed by atoms with Crippen molar-refractivity contribution in [3.05, 3.63) is 46.3 Å². The molecule has 1 saturated heterocycles. The lowest BCUT2D eigenvalue weighted by atomic mass is 10.1. The molecule has 0 amide bonds. The maximum Gasteiger partial charge on any atom is 0.311 e. The number of halogens is 1. The molecule has 0 bridgehead atoms. The molecular weight excluding hydrogens is 361 g/mol. The molecule has 2 aromatic rings. The molecule has 2 heterocycles. The third-order valence-electron chi connectivity index (χ3n) is 4.48. The highest BCUT2D eigenvalue weighted by molar-refractivity contribution is 5.69. The van der Waals surface area contributed by atoms with Crippen LogP contribution in [0.25, 0.3) is 0 Å². The molecule has 2 N–H and O–H groups in total. The summed E-state index contributed by atoms with van der Waals surface area (Å²) in [6.07, 6.45) is 3.29. The highest BCUT2D eigenvalue weighted by Crippen LogP contribution is 2.31. The quantitative estimate of drug-likeness (QED) is 0.550. The van der Waals surface area contributed by atoms with Crippen molar-refractivity contribution in [3.8, 4) is 0 Å². The van der Waals surface area contributed by atoms with E-state index in [1.807, 2.05) is 25.7 Å². The normalized spacial score (nSPS) is 14.6. The van der Waals surface area contributed by atoms with Gasteiger partial charge in [0.1, 0.15) is 11.6 Å². The van der Waals surface area contributed by atoms with Crippen LogP contribution in [0.4, 0.5) is 33.1 Å². The van der Waals surface area contributed by atoms with E-state index in [0.29, 0.717) is 17.2 Å². The second-order valence-corrected chi connectivity index (χ2v) is 8.04. The van der Waals surface area contributed by atoms with E-state index in [-0.39, 0.29) is 22.9 Å². The van der Waals surface area contributed by atoms with E-state index in [1.54, 1.807) is 18.2 Å². The van der Waals surface area contributed by atoms with E-state index < -0.39 is 4.92 Å². The van der Waals surface area contributed by atoms with Gasteiger partial charge in [0.05, 0.1) is 10.6 Å². The van der Waals surface area contributed by atoms with Crippen molar-refractivity contribution >= 4 is 28.7 Å². The van der Waals surface area contributed by atoms with Crippen LogP contribution in [0.2, 0.25) is 0 Å². The van der Waals surface area contributed by atoms with Crippen molar-refractivity contribution in [3.63, 3.8) is 0 Å². The van der Waals surface area contributed by atoms with E-state index >= 15 is 0 Å². The van der Waals surface area contributed by atoms with Gasteiger partial charge in [-0.2, -0.15) is 0 Å². The minimum atomic E-state index is -0.505. The van der Waals surface area contributed by atoms with Crippen molar-refractivity contribution in [1.29, 1.82) is 0 Å². The minimum absolute atomic E-state index is 0.0735. The van der Waals surface area contributed by atoms with Gasteiger partial charge in [-0.1, -0.05) is 0 Å². The van der Waals surface area contributed by atoms with Gasteiger partial charge in [-0.15, -0.1) is 0 Å². The molecule has 1 aromatic carbocycles. The number of rotatable bonds is 5. The summed E-state index contributed by atoms with van der Waals surface area (Å²) >= 11 is 0. The summed E-state index contributed by atoms with van der Waals surface area (Å²) in [6, 6.07) is 7.75. The van der Waals surface area contributed by atoms with Gasteiger partial charge >= 0.3 is 5.69 Å². The maximum atomic E-state index is 14.6. The number of hydrogen-bond donors (Lipinski definition) is 2. The first-order valence-corrected chi connectivity index (χ1v) is 9.48. The van der Waals surface area contributed by atoms with E-state index in [2.05, 4.69) is 15.6 Å². The molecule has 1 aromatic heterocycles. The zero-order valence-corrected chi connectivity index (χ0v) is 16.5. The molecule has 8 heteroatoms. The molecule has 1 aliphatic heterocycles. The zero-order valence-electron chi connectivity index (χ0n) is 16.5. The fourth-order valence-electron chi connectivity index (χ4n) is 3.26. The predicted molar refractivity (Wildman–Crippen MR) is 110 cm³/mol. The van der Waals surface area contributed by atoms with Crippen molar-refractivity contribution in [2.75, 3.05) is 28.6 Å². The third-order valence-corrected chi connectivity index (χ3v) is 4.48. The molecule has 150 valence electrons. The summed E-state index contributed by atoms with van der Waals surface area (Å²) < 4.78 is 14.6. The Kier molecular flexibility index (Phi) is 5.67. The molecule has 28 heavy (non-hydrogen) atoms. The van der Waals surface area contributed by atoms with Crippen LogP contribution in [0, 0.1) is 15.9 Å². The third kappa shape index (κ3) is 4.88. The van der Waals surface area contributed by atoms with Gasteiger partial charge in [0.15, 0.2) is 0 Å². The number of pyridine rings is 1. The number of anilines is 4. The van der Waals surface area contributed by atoms with Gasteiger partial charge in [0, 0.05) is 30.4 Å². The summed E-state index contributed by atoms with van der Waals surface area (Å²) in [5.41, 5.74) is 0.570. The Morgan fingerprint density at radius 2 is 1.86 bits per heavy atom. The second-order valence-electron chi connectivity index (χ2n) is 8.04. The molecule has 0 spiro atoms. The molecular formula is C20H26FN5O2. The van der Waals surface area contributed by atoms with Gasteiger partial charge in [-0.05, 0) is 64.3 Å². The Morgan fingerprint density at radius 1 is 1.14 bits per heavy atom. The molecule has 0 unspecified atom stereocenters. The molecule has 0 atom stereocenters. The number of piperidine rings is 1. The Morgan fingerprint density at radius 3 is 2.46 bits per heavy atom. The average Bonchev–Trinajstić information content (AvgIpc) is 2.61. The smallest absolute Gasteiger partial charge is 0.311 e. The van der Waals surface area contributed by atoms with Crippen molar-refractivity contribution in [1.82, 2.24) is 4.98 Å². The lowest BCUT2D eigenvalue weighted by Crippen LogP contribution is -2.30. The fourth-order valence-corrected chi connectivity index (χ4v) is 3.26. The van der Waals surface area contributed by atoms with Crippen LogP contribution in [0.15, 0.2) is 30.3 Å². The standard InChI is InChI=1S/C20H26FN5O2/c1-20(2,3)24-18-10-9-17(26(27)28)19(23-18)22-14-7-8-16(15(21)13-14)25-11-5-4-6-12-25/h7-10,13H,4-6,11-12H2,1-3H3,(H2,22,23,24). The number of benzene rings is 1. The molecule has 1 fully saturated rings. The highest BCUT2D eigenvalue weighted by Gasteiger charge is 2.20. The molecule has 7 nitrogen and oxygen atoms in total. The molecule has 3 rings (SSSR count). The Labute approximate surface area is 164 Å². The lowest BCUT2D eigenvalue weighted by molar-refractivity contribution is -0.384. The van der Waals surface area contributed by atoms with E-state index in [1.165, 1.54) is 18.6 Å². The van der Waals surface area contributed by atoms with Crippen molar-refractivity contribution < 1.29 is 9.31 Å². The SMILES string of the molecule is CC(C)(C)Nc1ccc([N+](=O)[O-])c(Nc2ccc(N3CCCCC3)c(F)c2)n1. The number of nitrogens with zero attached hydrogens (tertiary/aromatic N) is 3. The Bertz CT molecular complexity index is 860. The van der Waals surface area contributed by atoms with Crippen LogP contribution in [0.3, 0.4) is 0 Å². The van der Waals surface area contributed by atoms with Crippen LogP contribution in [-0.2, 0) is 0 Å².